The molecule has 0 N–H and O–H groups in total. The summed E-state index contributed by atoms with van der Waals surface area (Å²) in [6, 6.07) is 20.7. The molecule has 0 fully saturated rings. The Morgan fingerprint density at radius 3 is 2.56 bits per heavy atom. The van der Waals surface area contributed by atoms with Crippen molar-refractivity contribution in [2.45, 2.75) is 12.2 Å². The lowest BCUT2D eigenvalue weighted by Gasteiger charge is -2.32. The van der Waals surface area contributed by atoms with Gasteiger partial charge in [-0.2, -0.15) is 5.10 Å². The van der Waals surface area contributed by atoms with Gasteiger partial charge < -0.3 is 4.90 Å². The number of hydrogen-bond acceptors (Lipinski definition) is 5. The summed E-state index contributed by atoms with van der Waals surface area (Å²) in [5.41, 5.74) is 3.32. The van der Waals surface area contributed by atoms with Gasteiger partial charge in [0, 0.05) is 18.8 Å². The summed E-state index contributed by atoms with van der Waals surface area (Å²) in [7, 11) is 0. The number of fused-ring (bicyclic) bond motifs is 3. The first-order valence-corrected chi connectivity index (χ1v) is 10.1. The second-order valence-corrected chi connectivity index (χ2v) is 7.45. The van der Waals surface area contributed by atoms with Gasteiger partial charge in [0.1, 0.15) is 5.84 Å². The summed E-state index contributed by atoms with van der Waals surface area (Å²) in [4.78, 5) is 12.1. The van der Waals surface area contributed by atoms with Gasteiger partial charge in [0.15, 0.2) is 11.0 Å². The van der Waals surface area contributed by atoms with Crippen LogP contribution in [0.4, 0.5) is 5.82 Å². The molecule has 0 radical (unpaired) electrons. The fraction of sp³-hybridized carbons (Fsp3) is 0.190. The molecule has 134 valence electrons. The van der Waals surface area contributed by atoms with E-state index in [1.807, 2.05) is 35.1 Å². The summed E-state index contributed by atoms with van der Waals surface area (Å²) in [5, 5.41) is 5.61. The van der Waals surface area contributed by atoms with E-state index >= 15 is 0 Å². The van der Waals surface area contributed by atoms with Crippen LogP contribution in [-0.2, 0) is 5.75 Å². The van der Waals surface area contributed by atoms with E-state index in [-0.39, 0.29) is 0 Å². The van der Waals surface area contributed by atoms with Gasteiger partial charge in [-0.05, 0) is 24.1 Å². The van der Waals surface area contributed by atoms with E-state index in [2.05, 4.69) is 46.4 Å². The van der Waals surface area contributed by atoms with Crippen molar-refractivity contribution in [3.63, 3.8) is 0 Å². The molecule has 0 bridgehead atoms. The molecule has 3 aromatic rings. The highest BCUT2D eigenvalue weighted by Gasteiger charge is 2.31. The number of para-hydroxylation sites is 1. The van der Waals surface area contributed by atoms with Crippen LogP contribution in [-0.4, -0.2) is 38.8 Å². The topological polar surface area (TPSA) is 45.8 Å². The van der Waals surface area contributed by atoms with Gasteiger partial charge >= 0.3 is 0 Å². The van der Waals surface area contributed by atoms with Crippen LogP contribution in [0.1, 0.15) is 17.5 Å². The molecule has 27 heavy (non-hydrogen) atoms. The fourth-order valence-corrected chi connectivity index (χ4v) is 4.34. The van der Waals surface area contributed by atoms with Crippen LogP contribution in [0.15, 0.2) is 76.8 Å². The van der Waals surface area contributed by atoms with Crippen LogP contribution < -0.4 is 0 Å². The first-order chi connectivity index (χ1) is 13.4. The predicted molar refractivity (Wildman–Crippen MR) is 111 cm³/mol. The Labute approximate surface area is 162 Å². The SMILES string of the molecule is c1ccc(CSC2=Nc3c(cnn3-c3ccccc3)C3=NCCCN23)cc1. The summed E-state index contributed by atoms with van der Waals surface area (Å²) >= 11 is 1.76. The van der Waals surface area contributed by atoms with Crippen molar-refractivity contribution in [2.75, 3.05) is 13.1 Å². The van der Waals surface area contributed by atoms with Gasteiger partial charge in [-0.3, -0.25) is 4.99 Å². The average molecular weight is 373 g/mol. The lowest BCUT2D eigenvalue weighted by atomic mass is 10.2. The Bertz CT molecular complexity index is 1010. The maximum absolute atomic E-state index is 5.01. The predicted octanol–water partition coefficient (Wildman–Crippen LogP) is 4.26. The molecule has 5 nitrogen and oxygen atoms in total. The van der Waals surface area contributed by atoms with Crippen LogP contribution in [0.25, 0.3) is 5.69 Å². The second-order valence-electron chi connectivity index (χ2n) is 6.51. The molecule has 5 rings (SSSR count). The molecule has 1 aromatic heterocycles. The highest BCUT2D eigenvalue weighted by Crippen LogP contribution is 2.33. The van der Waals surface area contributed by atoms with Crippen molar-refractivity contribution >= 4 is 28.6 Å². The third kappa shape index (κ3) is 3.06. The molecule has 0 saturated carbocycles. The zero-order valence-electron chi connectivity index (χ0n) is 14.8. The third-order valence-electron chi connectivity index (χ3n) is 4.69. The van der Waals surface area contributed by atoms with E-state index in [4.69, 9.17) is 9.98 Å². The van der Waals surface area contributed by atoms with Gasteiger partial charge in [0.2, 0.25) is 0 Å². The standard InChI is InChI=1S/C21H19N5S/c1-3-8-16(9-4-1)15-27-21-24-20-18(19-22-12-7-13-25(19)21)14-23-26(20)17-10-5-2-6-11-17/h1-6,8-11,14H,7,12-13,15H2. The molecular formula is C21H19N5S. The van der Waals surface area contributed by atoms with Crippen LogP contribution in [0.5, 0.6) is 0 Å². The van der Waals surface area contributed by atoms with Gasteiger partial charge in [0.25, 0.3) is 0 Å². The smallest absolute Gasteiger partial charge is 0.172 e. The van der Waals surface area contributed by atoms with E-state index in [0.29, 0.717) is 0 Å². The number of nitrogens with zero attached hydrogens (tertiary/aromatic N) is 5. The highest BCUT2D eigenvalue weighted by atomic mass is 32.2. The molecule has 0 spiro atoms. The maximum atomic E-state index is 5.01. The number of amidine groups is 2. The first kappa shape index (κ1) is 16.3. The van der Waals surface area contributed by atoms with Crippen LogP contribution in [0, 0.1) is 0 Å². The van der Waals surface area contributed by atoms with Gasteiger partial charge in [-0.25, -0.2) is 9.67 Å². The Morgan fingerprint density at radius 1 is 0.963 bits per heavy atom. The van der Waals surface area contributed by atoms with Gasteiger partial charge in [0.05, 0.1) is 17.4 Å². The normalized spacial score (nSPS) is 15.6. The molecule has 0 amide bonds. The number of rotatable bonds is 3. The molecule has 0 aliphatic carbocycles. The van der Waals surface area contributed by atoms with Gasteiger partial charge in [-0.1, -0.05) is 60.3 Å². The largest absolute Gasteiger partial charge is 0.305 e. The van der Waals surface area contributed by atoms with Gasteiger partial charge in [-0.15, -0.1) is 0 Å². The molecule has 2 aliphatic heterocycles. The third-order valence-corrected chi connectivity index (χ3v) is 5.73. The van der Waals surface area contributed by atoms with E-state index in [9.17, 15) is 0 Å². The van der Waals surface area contributed by atoms with Crippen LogP contribution >= 0.6 is 11.8 Å². The molecule has 3 heterocycles. The molecule has 0 atom stereocenters. The fourth-order valence-electron chi connectivity index (χ4n) is 3.37. The average Bonchev–Trinajstić information content (AvgIpc) is 3.17. The van der Waals surface area contributed by atoms with E-state index in [1.54, 1.807) is 11.8 Å². The first-order valence-electron chi connectivity index (χ1n) is 9.11. The number of benzene rings is 2. The van der Waals surface area contributed by atoms with Crippen molar-refractivity contribution in [3.05, 3.63) is 78.0 Å². The molecule has 6 heteroatoms. The second kappa shape index (κ2) is 7.04. The van der Waals surface area contributed by atoms with Crippen molar-refractivity contribution in [1.82, 2.24) is 14.7 Å². The van der Waals surface area contributed by atoms with Crippen LogP contribution in [0.2, 0.25) is 0 Å². The van der Waals surface area contributed by atoms with E-state index in [1.165, 1.54) is 5.56 Å². The molecule has 0 unspecified atom stereocenters. The number of aromatic nitrogens is 2. The van der Waals surface area contributed by atoms with E-state index in [0.717, 1.165) is 53.3 Å². The highest BCUT2D eigenvalue weighted by molar-refractivity contribution is 8.13. The zero-order valence-corrected chi connectivity index (χ0v) is 15.6. The quantitative estimate of drug-likeness (QED) is 0.689. The number of aliphatic imine (C=N–C) groups is 2. The molecule has 2 aliphatic rings. The summed E-state index contributed by atoms with van der Waals surface area (Å²) < 4.78 is 1.91. The Morgan fingerprint density at radius 2 is 1.74 bits per heavy atom. The minimum atomic E-state index is 0.860. The number of thioether (sulfide) groups is 1. The Kier molecular flexibility index (Phi) is 4.26. The lowest BCUT2D eigenvalue weighted by Crippen LogP contribution is -2.41. The zero-order chi connectivity index (χ0) is 18.1. The summed E-state index contributed by atoms with van der Waals surface area (Å²) in [5.74, 6) is 2.76. The lowest BCUT2D eigenvalue weighted by molar-refractivity contribution is 0.553. The summed E-state index contributed by atoms with van der Waals surface area (Å²) in [6.07, 6.45) is 2.94. The monoisotopic (exact) mass is 373 g/mol. The minimum Gasteiger partial charge on any atom is -0.305 e. The molecular weight excluding hydrogens is 354 g/mol. The van der Waals surface area contributed by atoms with Crippen molar-refractivity contribution in [2.24, 2.45) is 9.98 Å². The molecule has 0 saturated heterocycles. The van der Waals surface area contributed by atoms with Crippen molar-refractivity contribution in [3.8, 4) is 5.69 Å². The Hall–Kier alpha value is -2.86. The maximum Gasteiger partial charge on any atom is 0.172 e. The summed E-state index contributed by atoms with van der Waals surface area (Å²) in [6.45, 7) is 1.81. The van der Waals surface area contributed by atoms with Crippen LogP contribution in [0.3, 0.4) is 0 Å². The number of hydrogen-bond donors (Lipinski definition) is 0. The van der Waals surface area contributed by atoms with Crippen molar-refractivity contribution in [1.29, 1.82) is 0 Å². The Balaban J connectivity index is 1.54. The van der Waals surface area contributed by atoms with E-state index < -0.39 is 0 Å². The minimum absolute atomic E-state index is 0.860. The van der Waals surface area contributed by atoms with Crippen molar-refractivity contribution < 1.29 is 0 Å². The molecule has 2 aromatic carbocycles.